The SMILES string of the molecule is CC1=CN(C)[C]N1. The van der Waals surface area contributed by atoms with Crippen LogP contribution >= 0.6 is 0 Å². The normalized spacial score (nSPS) is 19.1. The number of nitrogens with zero attached hydrogens (tertiary/aromatic N) is 1. The van der Waals surface area contributed by atoms with Gasteiger partial charge in [-0.2, -0.15) is 0 Å². The van der Waals surface area contributed by atoms with Crippen LogP contribution in [0.15, 0.2) is 11.9 Å². The van der Waals surface area contributed by atoms with Crippen molar-refractivity contribution in [2.75, 3.05) is 7.05 Å². The third-order valence-electron chi connectivity index (χ3n) is 0.817. The summed E-state index contributed by atoms with van der Waals surface area (Å²) in [5, 5.41) is 2.91. The fourth-order valence-corrected chi connectivity index (χ4v) is 0.531. The summed E-state index contributed by atoms with van der Waals surface area (Å²) in [5.41, 5.74) is 1.14. The highest BCUT2D eigenvalue weighted by atomic mass is 15.2. The molecule has 0 amide bonds. The van der Waals surface area contributed by atoms with Gasteiger partial charge < -0.3 is 10.2 Å². The maximum Gasteiger partial charge on any atom is 0.204 e. The molecule has 0 aromatic carbocycles. The molecule has 7 heavy (non-hydrogen) atoms. The van der Waals surface area contributed by atoms with Gasteiger partial charge in [0.15, 0.2) is 0 Å². The highest BCUT2D eigenvalue weighted by molar-refractivity contribution is 5.03. The Kier molecular flexibility index (Phi) is 0.929. The predicted molar refractivity (Wildman–Crippen MR) is 27.9 cm³/mol. The van der Waals surface area contributed by atoms with Gasteiger partial charge in [0.1, 0.15) is 0 Å². The Balaban J connectivity index is 2.50. The van der Waals surface area contributed by atoms with E-state index in [2.05, 4.69) is 12.0 Å². The van der Waals surface area contributed by atoms with E-state index in [9.17, 15) is 0 Å². The number of allylic oxidation sites excluding steroid dienone is 1. The Labute approximate surface area is 43.8 Å². The maximum atomic E-state index is 2.91. The lowest BCUT2D eigenvalue weighted by Gasteiger charge is -1.99. The van der Waals surface area contributed by atoms with Crippen LogP contribution < -0.4 is 5.32 Å². The highest BCUT2D eigenvalue weighted by Gasteiger charge is 2.01. The van der Waals surface area contributed by atoms with Crippen molar-refractivity contribution in [1.29, 1.82) is 0 Å². The molecule has 1 rings (SSSR count). The van der Waals surface area contributed by atoms with Crippen molar-refractivity contribution >= 4 is 0 Å². The number of hydrogen-bond acceptors (Lipinski definition) is 2. The van der Waals surface area contributed by atoms with E-state index in [1.54, 1.807) is 0 Å². The van der Waals surface area contributed by atoms with Crippen molar-refractivity contribution in [3.63, 3.8) is 0 Å². The van der Waals surface area contributed by atoms with E-state index in [0.29, 0.717) is 0 Å². The molecule has 0 aliphatic carbocycles. The Morgan fingerprint density at radius 2 is 2.57 bits per heavy atom. The van der Waals surface area contributed by atoms with Crippen LogP contribution in [0.5, 0.6) is 0 Å². The second-order valence-corrected chi connectivity index (χ2v) is 1.66. The van der Waals surface area contributed by atoms with Crippen LogP contribution in [0.25, 0.3) is 0 Å². The molecule has 0 unspecified atom stereocenters. The van der Waals surface area contributed by atoms with Crippen molar-refractivity contribution in [2.45, 2.75) is 6.92 Å². The monoisotopic (exact) mass is 96.1 g/mol. The zero-order chi connectivity index (χ0) is 5.28. The summed E-state index contributed by atoms with van der Waals surface area (Å²) in [5.74, 6) is 0. The lowest BCUT2D eigenvalue weighted by atomic mass is 10.6. The molecule has 2 heteroatoms. The minimum absolute atomic E-state index is 1.14. The van der Waals surface area contributed by atoms with Gasteiger partial charge in [0, 0.05) is 18.9 Å². The van der Waals surface area contributed by atoms with Gasteiger partial charge in [-0.1, -0.05) is 0 Å². The van der Waals surface area contributed by atoms with Crippen molar-refractivity contribution < 1.29 is 0 Å². The lowest BCUT2D eigenvalue weighted by Crippen LogP contribution is -2.08. The molecule has 1 heterocycles. The largest absolute Gasteiger partial charge is 0.358 e. The van der Waals surface area contributed by atoms with Crippen molar-refractivity contribution in [1.82, 2.24) is 10.2 Å². The molecular formula is C5H8N2. The van der Waals surface area contributed by atoms with Crippen LogP contribution in [-0.4, -0.2) is 11.9 Å². The van der Waals surface area contributed by atoms with Gasteiger partial charge >= 0.3 is 0 Å². The van der Waals surface area contributed by atoms with Gasteiger partial charge in [-0.15, -0.1) is 0 Å². The summed E-state index contributed by atoms with van der Waals surface area (Å²) >= 11 is 0. The predicted octanol–water partition coefficient (Wildman–Crippen LogP) is 0.379. The molecular weight excluding hydrogens is 88.1 g/mol. The molecule has 0 saturated heterocycles. The summed E-state index contributed by atoms with van der Waals surface area (Å²) in [7, 11) is 1.93. The molecule has 38 valence electrons. The Bertz CT molecular complexity index is 96.3. The van der Waals surface area contributed by atoms with Crippen molar-refractivity contribution in [2.24, 2.45) is 0 Å². The van der Waals surface area contributed by atoms with E-state index in [0.717, 1.165) is 5.70 Å². The molecule has 0 fully saturated rings. The number of rotatable bonds is 0. The van der Waals surface area contributed by atoms with E-state index in [1.165, 1.54) is 0 Å². The third kappa shape index (κ3) is 0.856. The van der Waals surface area contributed by atoms with Crippen molar-refractivity contribution in [3.05, 3.63) is 18.6 Å². The van der Waals surface area contributed by atoms with Gasteiger partial charge in [0.05, 0.1) is 0 Å². The average molecular weight is 96.1 g/mol. The van der Waals surface area contributed by atoms with E-state index >= 15 is 0 Å². The molecule has 1 aliphatic rings. The molecule has 0 spiro atoms. The van der Waals surface area contributed by atoms with Crippen LogP contribution in [0, 0.1) is 6.67 Å². The first kappa shape index (κ1) is 4.50. The zero-order valence-corrected chi connectivity index (χ0v) is 4.52. The first-order chi connectivity index (χ1) is 3.29. The fourth-order valence-electron chi connectivity index (χ4n) is 0.531. The zero-order valence-electron chi connectivity index (χ0n) is 4.52. The summed E-state index contributed by atoms with van der Waals surface area (Å²) in [6.07, 6.45) is 1.97. The minimum atomic E-state index is 1.14. The third-order valence-corrected chi connectivity index (χ3v) is 0.817. The molecule has 0 bridgehead atoms. The van der Waals surface area contributed by atoms with E-state index in [4.69, 9.17) is 0 Å². The van der Waals surface area contributed by atoms with Gasteiger partial charge in [-0.3, -0.25) is 0 Å². The maximum absolute atomic E-state index is 2.91. The van der Waals surface area contributed by atoms with Crippen LogP contribution in [0.1, 0.15) is 6.92 Å². The summed E-state index contributed by atoms with van der Waals surface area (Å²) in [6.45, 7) is 4.86. The van der Waals surface area contributed by atoms with Gasteiger partial charge in [0.25, 0.3) is 0 Å². The fraction of sp³-hybridized carbons (Fsp3) is 0.400. The van der Waals surface area contributed by atoms with E-state index < -0.39 is 0 Å². The molecule has 0 aromatic rings. The van der Waals surface area contributed by atoms with Crippen LogP contribution in [0.4, 0.5) is 0 Å². The quantitative estimate of drug-likeness (QED) is 0.469. The molecule has 1 N–H and O–H groups in total. The first-order valence-corrected chi connectivity index (χ1v) is 2.22. The van der Waals surface area contributed by atoms with Crippen LogP contribution in [-0.2, 0) is 0 Å². The average Bonchev–Trinajstić information content (AvgIpc) is 1.87. The molecule has 1 aliphatic heterocycles. The van der Waals surface area contributed by atoms with E-state index in [-0.39, 0.29) is 0 Å². The number of hydrogen-bond donors (Lipinski definition) is 1. The summed E-state index contributed by atoms with van der Waals surface area (Å²) in [6, 6.07) is 0. The standard InChI is InChI=1S/C5H8N2/c1-5-3-7(2)4-6-5/h3,6H,1-2H3. The van der Waals surface area contributed by atoms with E-state index in [1.807, 2.05) is 25.1 Å². The highest BCUT2D eigenvalue weighted by Crippen LogP contribution is 2.00. The lowest BCUT2D eigenvalue weighted by molar-refractivity contribution is 0.559. The Morgan fingerprint density at radius 1 is 1.86 bits per heavy atom. The van der Waals surface area contributed by atoms with Crippen LogP contribution in [0.2, 0.25) is 0 Å². The molecule has 2 nitrogen and oxygen atoms in total. The molecule has 0 atom stereocenters. The smallest absolute Gasteiger partial charge is 0.204 e. The minimum Gasteiger partial charge on any atom is -0.358 e. The summed E-state index contributed by atoms with van der Waals surface area (Å²) < 4.78 is 0. The van der Waals surface area contributed by atoms with Crippen molar-refractivity contribution in [3.8, 4) is 0 Å². The Morgan fingerprint density at radius 3 is 2.71 bits per heavy atom. The second kappa shape index (κ2) is 1.45. The molecule has 2 radical (unpaired) electrons. The molecule has 0 saturated carbocycles. The topological polar surface area (TPSA) is 15.3 Å². The molecule has 0 aromatic heterocycles. The van der Waals surface area contributed by atoms with Gasteiger partial charge in [0.2, 0.25) is 6.67 Å². The van der Waals surface area contributed by atoms with Crippen LogP contribution in [0.3, 0.4) is 0 Å². The number of nitrogens with one attached hydrogen (secondary N) is 1. The first-order valence-electron chi connectivity index (χ1n) is 2.22. The second-order valence-electron chi connectivity index (χ2n) is 1.66. The van der Waals surface area contributed by atoms with Gasteiger partial charge in [-0.25, -0.2) is 0 Å². The summed E-state index contributed by atoms with van der Waals surface area (Å²) in [4.78, 5) is 1.86. The van der Waals surface area contributed by atoms with Gasteiger partial charge in [-0.05, 0) is 6.92 Å². The Hall–Kier alpha value is -0.660.